The minimum Gasteiger partial charge on any atom is -0.384 e. The molecule has 5 N–H and O–H groups in total. The molecule has 0 unspecified atom stereocenters. The summed E-state index contributed by atoms with van der Waals surface area (Å²) in [5, 5.41) is 8.61. The van der Waals surface area contributed by atoms with Crippen molar-refractivity contribution in [3.63, 3.8) is 0 Å². The Balaban J connectivity index is 1.75. The second-order valence-corrected chi connectivity index (χ2v) is 6.41. The van der Waals surface area contributed by atoms with E-state index in [1.807, 2.05) is 13.0 Å². The molecule has 0 aliphatic carbocycles. The van der Waals surface area contributed by atoms with Crippen LogP contribution >= 0.6 is 0 Å². The van der Waals surface area contributed by atoms with Crippen LogP contribution in [0.3, 0.4) is 0 Å². The second kappa shape index (κ2) is 11.4. The molecule has 2 heterocycles. The molecule has 0 saturated carbocycles. The summed E-state index contributed by atoms with van der Waals surface area (Å²) in [5.41, 5.74) is 7.79. The number of rotatable bonds is 10. The molecule has 8 nitrogen and oxygen atoms in total. The van der Waals surface area contributed by atoms with Crippen molar-refractivity contribution in [2.75, 3.05) is 31.2 Å². The molecule has 154 valence electrons. The third-order valence-electron chi connectivity index (χ3n) is 4.16. The highest BCUT2D eigenvalue weighted by Crippen LogP contribution is 2.15. The second-order valence-electron chi connectivity index (χ2n) is 6.41. The number of nitrogens with one attached hydrogen (secondary N) is 3. The van der Waals surface area contributed by atoms with Crippen molar-refractivity contribution in [1.82, 2.24) is 20.6 Å². The van der Waals surface area contributed by atoms with Gasteiger partial charge in [-0.25, -0.2) is 9.97 Å². The highest BCUT2D eigenvalue weighted by Gasteiger charge is 2.11. The van der Waals surface area contributed by atoms with Crippen LogP contribution in [0.5, 0.6) is 0 Å². The summed E-state index contributed by atoms with van der Waals surface area (Å²) in [6, 6.07) is 7.15. The third-order valence-corrected chi connectivity index (χ3v) is 4.16. The molecular weight excluding hydrogens is 368 g/mol. The maximum absolute atomic E-state index is 11.9. The van der Waals surface area contributed by atoms with Gasteiger partial charge in [0.05, 0.1) is 5.56 Å². The van der Waals surface area contributed by atoms with Gasteiger partial charge in [0, 0.05) is 38.1 Å². The highest BCUT2D eigenvalue weighted by molar-refractivity contribution is 5.98. The van der Waals surface area contributed by atoms with E-state index < -0.39 is 0 Å². The lowest BCUT2D eigenvalue weighted by Crippen LogP contribution is -2.22. The number of unbranched alkanes of at least 4 members (excludes halogenated alkanes) is 1. The number of amides is 2. The van der Waals surface area contributed by atoms with E-state index in [9.17, 15) is 9.59 Å². The fraction of sp³-hybridized carbons (Fsp3) is 0.333. The average Bonchev–Trinajstić information content (AvgIpc) is 2.73. The Morgan fingerprint density at radius 3 is 2.69 bits per heavy atom. The average molecular weight is 396 g/mol. The van der Waals surface area contributed by atoms with Gasteiger partial charge in [0.25, 0.3) is 5.91 Å². The minimum absolute atomic E-state index is 0.149. The number of pyridine rings is 2. The molecule has 0 fully saturated rings. The molecule has 0 aliphatic heterocycles. The molecule has 0 bridgehead atoms. The molecule has 29 heavy (non-hydrogen) atoms. The normalized spacial score (nSPS) is 10.7. The molecule has 0 radical (unpaired) electrons. The zero-order valence-corrected chi connectivity index (χ0v) is 16.9. The van der Waals surface area contributed by atoms with Crippen molar-refractivity contribution in [3.8, 4) is 0 Å². The summed E-state index contributed by atoms with van der Waals surface area (Å²) in [6.07, 6.45) is 7.28. The molecule has 0 saturated heterocycles. The Morgan fingerprint density at radius 2 is 2.00 bits per heavy atom. The van der Waals surface area contributed by atoms with Crippen molar-refractivity contribution in [2.24, 2.45) is 0 Å². The Kier molecular flexibility index (Phi) is 8.62. The Bertz CT molecular complexity index is 849. The molecule has 0 aliphatic rings. The van der Waals surface area contributed by atoms with Crippen LogP contribution in [-0.2, 0) is 11.2 Å². The zero-order chi connectivity index (χ0) is 21.1. The topological polar surface area (TPSA) is 122 Å². The molecule has 0 atom stereocenters. The van der Waals surface area contributed by atoms with Crippen LogP contribution in [0, 0.1) is 0 Å². The Morgan fingerprint density at radius 1 is 1.17 bits per heavy atom. The molecular formula is C21H28N6O2. The van der Waals surface area contributed by atoms with Gasteiger partial charge in [-0.15, -0.1) is 0 Å². The van der Waals surface area contributed by atoms with Gasteiger partial charge in [-0.2, -0.15) is 0 Å². The predicted molar refractivity (Wildman–Crippen MR) is 115 cm³/mol. The molecule has 8 heteroatoms. The summed E-state index contributed by atoms with van der Waals surface area (Å²) >= 11 is 0. The van der Waals surface area contributed by atoms with E-state index >= 15 is 0 Å². The predicted octanol–water partition coefficient (Wildman–Crippen LogP) is 2.00. The van der Waals surface area contributed by atoms with Gasteiger partial charge < -0.3 is 21.7 Å². The lowest BCUT2D eigenvalue weighted by Gasteiger charge is -2.11. The largest absolute Gasteiger partial charge is 0.384 e. The van der Waals surface area contributed by atoms with E-state index in [1.54, 1.807) is 37.5 Å². The fourth-order valence-electron chi connectivity index (χ4n) is 2.65. The van der Waals surface area contributed by atoms with E-state index in [-0.39, 0.29) is 11.8 Å². The number of hydrogen-bond acceptors (Lipinski definition) is 6. The lowest BCUT2D eigenvalue weighted by atomic mass is 10.1. The minimum atomic E-state index is -0.162. The summed E-state index contributed by atoms with van der Waals surface area (Å²) in [6.45, 7) is 3.23. The van der Waals surface area contributed by atoms with Crippen molar-refractivity contribution in [2.45, 2.75) is 26.2 Å². The van der Waals surface area contributed by atoms with Crippen molar-refractivity contribution >= 4 is 29.5 Å². The highest BCUT2D eigenvalue weighted by atomic mass is 16.2. The van der Waals surface area contributed by atoms with E-state index in [1.165, 1.54) is 6.08 Å². The summed E-state index contributed by atoms with van der Waals surface area (Å²) < 4.78 is 0. The standard InChI is InChI=1S/C21H28N6O2/c1-3-24-20-17(21(29)23-2)10-9-16(27-20)6-4-5-13-25-19(28)12-8-15-7-11-18(22)26-14-15/h7-12,14H,3-6,13H2,1-2H3,(H2,22,26)(H,23,29)(H,24,27)(H,25,28). The van der Waals surface area contributed by atoms with Gasteiger partial charge in [-0.3, -0.25) is 9.59 Å². The van der Waals surface area contributed by atoms with Gasteiger partial charge >= 0.3 is 0 Å². The molecule has 0 spiro atoms. The summed E-state index contributed by atoms with van der Waals surface area (Å²) in [7, 11) is 1.60. The molecule has 2 aromatic heterocycles. The van der Waals surface area contributed by atoms with E-state index in [0.717, 1.165) is 30.5 Å². The third kappa shape index (κ3) is 7.25. The lowest BCUT2D eigenvalue weighted by molar-refractivity contribution is -0.116. The van der Waals surface area contributed by atoms with Crippen molar-refractivity contribution < 1.29 is 9.59 Å². The Hall–Kier alpha value is -3.42. The van der Waals surface area contributed by atoms with Gasteiger partial charge in [0.1, 0.15) is 11.6 Å². The fourth-order valence-corrected chi connectivity index (χ4v) is 2.65. The maximum atomic E-state index is 11.9. The molecule has 2 aromatic rings. The van der Waals surface area contributed by atoms with Crippen LogP contribution in [-0.4, -0.2) is 41.9 Å². The smallest absolute Gasteiger partial charge is 0.254 e. The SMILES string of the molecule is CCNc1nc(CCCCNC(=O)C=Cc2ccc(N)nc2)ccc1C(=O)NC. The van der Waals surface area contributed by atoms with Crippen LogP contribution < -0.4 is 21.7 Å². The number of anilines is 2. The number of nitrogens with zero attached hydrogens (tertiary/aromatic N) is 2. The maximum Gasteiger partial charge on any atom is 0.254 e. The quantitative estimate of drug-likeness (QED) is 0.360. The summed E-state index contributed by atoms with van der Waals surface area (Å²) in [5.74, 6) is 0.733. The number of nitrogens with two attached hydrogens (primary N) is 1. The van der Waals surface area contributed by atoms with Crippen LogP contribution in [0.1, 0.15) is 41.4 Å². The Labute approximate surface area is 171 Å². The monoisotopic (exact) mass is 396 g/mol. The number of aromatic nitrogens is 2. The molecule has 2 amide bonds. The summed E-state index contributed by atoms with van der Waals surface area (Å²) in [4.78, 5) is 32.3. The van der Waals surface area contributed by atoms with E-state index in [2.05, 4.69) is 25.9 Å². The van der Waals surface area contributed by atoms with Crippen LogP contribution in [0.2, 0.25) is 0 Å². The van der Waals surface area contributed by atoms with Gasteiger partial charge in [0.15, 0.2) is 0 Å². The molecule has 2 rings (SSSR count). The van der Waals surface area contributed by atoms with Gasteiger partial charge in [-0.1, -0.05) is 0 Å². The number of aryl methyl sites for hydroxylation is 1. The first kappa shape index (κ1) is 21.9. The first-order chi connectivity index (χ1) is 14.0. The number of carbonyl (C=O) groups is 2. The zero-order valence-electron chi connectivity index (χ0n) is 16.9. The van der Waals surface area contributed by atoms with Gasteiger partial charge in [0.2, 0.25) is 5.91 Å². The number of hydrogen-bond donors (Lipinski definition) is 4. The van der Waals surface area contributed by atoms with E-state index in [4.69, 9.17) is 5.73 Å². The number of nitrogen functional groups attached to an aromatic ring is 1. The number of carbonyl (C=O) groups excluding carboxylic acids is 2. The first-order valence-corrected chi connectivity index (χ1v) is 9.66. The van der Waals surface area contributed by atoms with Crippen LogP contribution in [0.15, 0.2) is 36.5 Å². The van der Waals surface area contributed by atoms with Gasteiger partial charge in [-0.05, 0) is 62.1 Å². The van der Waals surface area contributed by atoms with Crippen LogP contribution in [0.4, 0.5) is 11.6 Å². The van der Waals surface area contributed by atoms with Crippen molar-refractivity contribution in [3.05, 3.63) is 53.4 Å². The van der Waals surface area contributed by atoms with Crippen molar-refractivity contribution in [1.29, 1.82) is 0 Å². The van der Waals surface area contributed by atoms with E-state index in [0.29, 0.717) is 30.3 Å². The molecule has 0 aromatic carbocycles. The first-order valence-electron chi connectivity index (χ1n) is 9.66. The van der Waals surface area contributed by atoms with Crippen LogP contribution in [0.25, 0.3) is 6.08 Å².